The lowest BCUT2D eigenvalue weighted by Gasteiger charge is -2.17. The average molecular weight is 381 g/mol. The molecule has 3 rings (SSSR count). The number of carbonyl (C=O) groups is 3. The van der Waals surface area contributed by atoms with Gasteiger partial charge >= 0.3 is 0 Å². The van der Waals surface area contributed by atoms with Crippen molar-refractivity contribution < 1.29 is 19.7 Å². The molecule has 2 fully saturated rings. The number of rotatable bonds is 3. The minimum atomic E-state index is -0.514. The van der Waals surface area contributed by atoms with Gasteiger partial charge in [0.15, 0.2) is 12.1 Å². The fourth-order valence-corrected chi connectivity index (χ4v) is 3.36. The summed E-state index contributed by atoms with van der Waals surface area (Å²) in [6, 6.07) is 6.27. The molecule has 0 bridgehead atoms. The lowest BCUT2D eigenvalue weighted by molar-refractivity contribution is -0.696. The normalized spacial score (nSPS) is 25.4. The molecule has 2 aliphatic heterocycles. The molecule has 23 heavy (non-hydrogen) atoms. The van der Waals surface area contributed by atoms with E-state index in [-0.39, 0.29) is 30.2 Å². The van der Waals surface area contributed by atoms with Crippen molar-refractivity contribution in [3.63, 3.8) is 0 Å². The molecule has 0 aliphatic carbocycles. The molecule has 6 nitrogen and oxygen atoms in total. The molecule has 2 atom stereocenters. The Morgan fingerprint density at radius 2 is 1.83 bits per heavy atom. The van der Waals surface area contributed by atoms with Crippen LogP contribution in [-0.2, 0) is 14.4 Å². The van der Waals surface area contributed by atoms with Crippen molar-refractivity contribution >= 4 is 39.3 Å². The Bertz CT molecular complexity index is 632. The summed E-state index contributed by atoms with van der Waals surface area (Å²) in [5.74, 6) is -0.494. The van der Waals surface area contributed by atoms with Crippen molar-refractivity contribution in [2.45, 2.75) is 37.8 Å². The molecule has 0 unspecified atom stereocenters. The summed E-state index contributed by atoms with van der Waals surface area (Å²) < 4.78 is 0.888. The summed E-state index contributed by atoms with van der Waals surface area (Å²) in [6.07, 6.45) is 2.78. The van der Waals surface area contributed by atoms with Crippen LogP contribution in [0, 0.1) is 0 Å². The molecule has 0 spiro atoms. The molecule has 1 aromatic rings. The fraction of sp³-hybridized carbons (Fsp3) is 0.438. The van der Waals surface area contributed by atoms with Crippen LogP contribution in [0.25, 0.3) is 0 Å². The molecule has 2 heterocycles. The van der Waals surface area contributed by atoms with Gasteiger partial charge in [-0.05, 0) is 37.1 Å². The molecular weight excluding hydrogens is 362 g/mol. The minimum absolute atomic E-state index is 0.0372. The van der Waals surface area contributed by atoms with Crippen LogP contribution in [0.4, 0.5) is 5.69 Å². The highest BCUT2D eigenvalue weighted by Gasteiger charge is 2.44. The van der Waals surface area contributed by atoms with Gasteiger partial charge in [0.1, 0.15) is 0 Å². The van der Waals surface area contributed by atoms with E-state index in [2.05, 4.69) is 21.2 Å². The number of quaternary nitrogens is 1. The van der Waals surface area contributed by atoms with E-state index in [9.17, 15) is 14.4 Å². The molecule has 0 radical (unpaired) electrons. The zero-order valence-corrected chi connectivity index (χ0v) is 14.2. The van der Waals surface area contributed by atoms with Crippen LogP contribution in [0.1, 0.15) is 25.7 Å². The van der Waals surface area contributed by atoms with E-state index in [4.69, 9.17) is 0 Å². The minimum Gasteiger partial charge on any atom is -0.351 e. The number of nitrogens with two attached hydrogens (primary N) is 1. The highest BCUT2D eigenvalue weighted by Crippen LogP contribution is 2.23. The number of hydrogen-bond acceptors (Lipinski definition) is 3. The van der Waals surface area contributed by atoms with Crippen LogP contribution in [0.5, 0.6) is 0 Å². The number of carbonyl (C=O) groups excluding carboxylic acids is 3. The SMILES string of the molecule is O=C1NCCCC[C@H]1[NH2+][C@@H]1CC(=O)N(c2ccc(Br)cc2)C1=O. The molecule has 1 aromatic carbocycles. The largest absolute Gasteiger partial charge is 0.351 e. The van der Waals surface area contributed by atoms with Gasteiger partial charge in [-0.15, -0.1) is 0 Å². The van der Waals surface area contributed by atoms with Gasteiger partial charge < -0.3 is 10.6 Å². The number of halogens is 1. The van der Waals surface area contributed by atoms with Crippen LogP contribution < -0.4 is 15.5 Å². The van der Waals surface area contributed by atoms with Crippen molar-refractivity contribution in [3.05, 3.63) is 28.7 Å². The van der Waals surface area contributed by atoms with E-state index in [1.807, 2.05) is 0 Å². The van der Waals surface area contributed by atoms with Gasteiger partial charge in [-0.25, -0.2) is 4.90 Å². The Morgan fingerprint density at radius 1 is 1.09 bits per heavy atom. The van der Waals surface area contributed by atoms with E-state index in [1.165, 1.54) is 4.90 Å². The van der Waals surface area contributed by atoms with Gasteiger partial charge in [0.2, 0.25) is 5.91 Å². The topological polar surface area (TPSA) is 83.1 Å². The Kier molecular flexibility index (Phi) is 4.77. The molecule has 0 aromatic heterocycles. The molecule has 2 saturated heterocycles. The number of anilines is 1. The zero-order valence-electron chi connectivity index (χ0n) is 12.6. The lowest BCUT2D eigenvalue weighted by Crippen LogP contribution is -2.98. The highest BCUT2D eigenvalue weighted by molar-refractivity contribution is 9.10. The number of nitrogens with zero attached hydrogens (tertiary/aromatic N) is 1. The molecule has 3 amide bonds. The van der Waals surface area contributed by atoms with Crippen LogP contribution in [-0.4, -0.2) is 36.3 Å². The first-order valence-electron chi connectivity index (χ1n) is 7.81. The summed E-state index contributed by atoms with van der Waals surface area (Å²) in [6.45, 7) is 0.686. The summed E-state index contributed by atoms with van der Waals surface area (Å²) in [5.41, 5.74) is 0.574. The number of benzene rings is 1. The summed E-state index contributed by atoms with van der Waals surface area (Å²) in [7, 11) is 0. The highest BCUT2D eigenvalue weighted by atomic mass is 79.9. The number of imide groups is 1. The van der Waals surface area contributed by atoms with Crippen molar-refractivity contribution in [3.8, 4) is 0 Å². The third kappa shape index (κ3) is 3.45. The number of amides is 3. The molecule has 7 heteroatoms. The maximum atomic E-state index is 12.6. The van der Waals surface area contributed by atoms with Crippen LogP contribution >= 0.6 is 15.9 Å². The first-order chi connectivity index (χ1) is 11.1. The molecule has 0 saturated carbocycles. The van der Waals surface area contributed by atoms with Crippen LogP contribution in [0.3, 0.4) is 0 Å². The van der Waals surface area contributed by atoms with Gasteiger partial charge in [-0.3, -0.25) is 14.4 Å². The number of hydrogen-bond donors (Lipinski definition) is 2. The lowest BCUT2D eigenvalue weighted by atomic mass is 10.1. The van der Waals surface area contributed by atoms with Gasteiger partial charge in [0.05, 0.1) is 12.1 Å². The summed E-state index contributed by atoms with van der Waals surface area (Å²) >= 11 is 3.34. The van der Waals surface area contributed by atoms with E-state index in [0.29, 0.717) is 12.2 Å². The van der Waals surface area contributed by atoms with Crippen molar-refractivity contribution in [1.29, 1.82) is 0 Å². The van der Waals surface area contributed by atoms with E-state index >= 15 is 0 Å². The Balaban J connectivity index is 1.73. The summed E-state index contributed by atoms with van der Waals surface area (Å²) in [4.78, 5) is 38.1. The first kappa shape index (κ1) is 16.1. The van der Waals surface area contributed by atoms with Crippen molar-refractivity contribution in [1.82, 2.24) is 5.32 Å². The maximum absolute atomic E-state index is 12.6. The monoisotopic (exact) mass is 380 g/mol. The molecule has 3 N–H and O–H groups in total. The Hall–Kier alpha value is -1.73. The van der Waals surface area contributed by atoms with E-state index in [0.717, 1.165) is 23.7 Å². The fourth-order valence-electron chi connectivity index (χ4n) is 3.09. The standard InChI is InChI=1S/C16H18BrN3O3/c17-10-4-6-11(7-5-10)20-14(21)9-13(16(20)23)19-12-3-1-2-8-18-15(12)22/h4-7,12-13,19H,1-3,8-9H2,(H,18,22)/p+1/t12-,13-/m1/s1. The Labute approximate surface area is 142 Å². The third-order valence-electron chi connectivity index (χ3n) is 4.31. The average Bonchev–Trinajstić information content (AvgIpc) is 2.68. The van der Waals surface area contributed by atoms with E-state index < -0.39 is 6.04 Å². The van der Waals surface area contributed by atoms with Crippen LogP contribution in [0.15, 0.2) is 28.7 Å². The molecule has 2 aliphatic rings. The number of nitrogens with one attached hydrogen (secondary N) is 1. The first-order valence-corrected chi connectivity index (χ1v) is 8.60. The second-order valence-corrected chi connectivity index (χ2v) is 6.86. The molecular formula is C16H19BrN3O3+. The Morgan fingerprint density at radius 3 is 2.57 bits per heavy atom. The van der Waals surface area contributed by atoms with Crippen molar-refractivity contribution in [2.24, 2.45) is 0 Å². The predicted octanol–water partition coefficient (Wildman–Crippen LogP) is 0.313. The van der Waals surface area contributed by atoms with Crippen molar-refractivity contribution in [2.75, 3.05) is 11.4 Å². The quantitative estimate of drug-likeness (QED) is 0.740. The van der Waals surface area contributed by atoms with Gasteiger partial charge in [0, 0.05) is 17.4 Å². The third-order valence-corrected chi connectivity index (χ3v) is 4.84. The smallest absolute Gasteiger partial charge is 0.292 e. The molecule has 122 valence electrons. The van der Waals surface area contributed by atoms with E-state index in [1.54, 1.807) is 29.6 Å². The maximum Gasteiger partial charge on any atom is 0.292 e. The van der Waals surface area contributed by atoms with Crippen LogP contribution in [0.2, 0.25) is 0 Å². The second-order valence-electron chi connectivity index (χ2n) is 5.94. The second kappa shape index (κ2) is 6.80. The predicted molar refractivity (Wildman–Crippen MR) is 87.6 cm³/mol. The van der Waals surface area contributed by atoms with Gasteiger partial charge in [-0.1, -0.05) is 15.9 Å². The van der Waals surface area contributed by atoms with Gasteiger partial charge in [0.25, 0.3) is 11.8 Å². The summed E-state index contributed by atoms with van der Waals surface area (Å²) in [5, 5.41) is 4.62. The van der Waals surface area contributed by atoms with Gasteiger partial charge in [-0.2, -0.15) is 0 Å². The zero-order chi connectivity index (χ0) is 16.4.